The highest BCUT2D eigenvalue weighted by Gasteiger charge is 2.57. The van der Waals surface area contributed by atoms with Crippen molar-refractivity contribution in [3.8, 4) is 0 Å². The summed E-state index contributed by atoms with van der Waals surface area (Å²) in [5.74, 6) is -1.01. The van der Waals surface area contributed by atoms with Gasteiger partial charge in [-0.05, 0) is 54.7 Å². The molecule has 5 heteroatoms. The average molecular weight is 425 g/mol. The molecule has 5 nitrogen and oxygen atoms in total. The van der Waals surface area contributed by atoms with E-state index >= 15 is 0 Å². The van der Waals surface area contributed by atoms with Crippen LogP contribution in [0, 0.1) is 23.2 Å². The number of carbonyl (C=O) groups excluding carboxylic acids is 3. The Morgan fingerprint density at radius 3 is 2.61 bits per heavy atom. The van der Waals surface area contributed by atoms with Crippen molar-refractivity contribution in [1.29, 1.82) is 0 Å². The van der Waals surface area contributed by atoms with Crippen LogP contribution in [-0.4, -0.2) is 31.4 Å². The molecule has 0 N–H and O–H groups in total. The third-order valence-corrected chi connectivity index (χ3v) is 7.27. The van der Waals surface area contributed by atoms with E-state index in [9.17, 15) is 14.4 Å². The highest BCUT2D eigenvalue weighted by Crippen LogP contribution is 2.59. The van der Waals surface area contributed by atoms with Crippen LogP contribution in [-0.2, 0) is 19.1 Å². The minimum atomic E-state index is -0.444. The summed E-state index contributed by atoms with van der Waals surface area (Å²) < 4.78 is 11.2. The molecule has 0 saturated heterocycles. The van der Waals surface area contributed by atoms with E-state index < -0.39 is 6.10 Å². The van der Waals surface area contributed by atoms with Gasteiger partial charge in [0, 0.05) is 12.3 Å². The fourth-order valence-corrected chi connectivity index (χ4v) is 5.83. The molecule has 0 aromatic heterocycles. The molecule has 3 rings (SSSR count). The lowest BCUT2D eigenvalue weighted by Crippen LogP contribution is -2.55. The number of allylic oxidation sites excluding steroid dienone is 1. The molecule has 0 aliphatic heterocycles. The summed E-state index contributed by atoms with van der Waals surface area (Å²) in [4.78, 5) is 36.7. The molecule has 2 aliphatic carbocycles. The zero-order chi connectivity index (χ0) is 22.6. The monoisotopic (exact) mass is 424 g/mol. The van der Waals surface area contributed by atoms with Crippen LogP contribution in [0.3, 0.4) is 0 Å². The van der Waals surface area contributed by atoms with Crippen molar-refractivity contribution < 1.29 is 23.9 Å². The van der Waals surface area contributed by atoms with Crippen molar-refractivity contribution >= 4 is 18.2 Å². The van der Waals surface area contributed by atoms with Crippen LogP contribution in [0.2, 0.25) is 0 Å². The number of ether oxygens (including phenoxy) is 2. The molecule has 2 saturated carbocycles. The summed E-state index contributed by atoms with van der Waals surface area (Å²) in [6.45, 7) is 10.3. The van der Waals surface area contributed by atoms with Gasteiger partial charge in [0.1, 0.15) is 12.4 Å². The minimum Gasteiger partial charge on any atom is -0.469 e. The molecule has 1 aromatic rings. The highest BCUT2D eigenvalue weighted by molar-refractivity contribution is 5.89. The standard InChI is InChI=1S/C26H32O5/c1-17(16-27)12-13-21-18(2)15-22(31-24(28)19-9-6-5-7-10-19)23-20(25(29)30-4)11-8-14-26(21,23)3/h5-7,9-10,16,20-23H,1-2,8,11-15H2,3-4H3/t20?,21?,22?,23?,26-/m1/s1. The number of carbonyl (C=O) groups is 3. The van der Waals surface area contributed by atoms with Crippen LogP contribution in [0.4, 0.5) is 0 Å². The Kier molecular flexibility index (Phi) is 7.14. The molecule has 2 aliphatic rings. The summed E-state index contributed by atoms with van der Waals surface area (Å²) in [5, 5.41) is 0. The van der Waals surface area contributed by atoms with Gasteiger partial charge >= 0.3 is 11.9 Å². The third-order valence-electron chi connectivity index (χ3n) is 7.27. The Morgan fingerprint density at radius 1 is 1.26 bits per heavy atom. The summed E-state index contributed by atoms with van der Waals surface area (Å²) in [6, 6.07) is 8.91. The van der Waals surface area contributed by atoms with Crippen LogP contribution < -0.4 is 0 Å². The van der Waals surface area contributed by atoms with Crippen molar-refractivity contribution in [1.82, 2.24) is 0 Å². The van der Waals surface area contributed by atoms with Crippen LogP contribution in [0.5, 0.6) is 0 Å². The second kappa shape index (κ2) is 9.63. The van der Waals surface area contributed by atoms with Gasteiger partial charge in [-0.1, -0.05) is 50.3 Å². The lowest BCUT2D eigenvalue weighted by molar-refractivity contribution is -0.162. The van der Waals surface area contributed by atoms with E-state index in [0.717, 1.165) is 31.1 Å². The van der Waals surface area contributed by atoms with Crippen molar-refractivity contribution in [2.24, 2.45) is 23.2 Å². The van der Waals surface area contributed by atoms with Gasteiger partial charge in [0.2, 0.25) is 0 Å². The molecule has 0 bridgehead atoms. The number of rotatable bonds is 7. The quantitative estimate of drug-likeness (QED) is 0.269. The maximum absolute atomic E-state index is 12.9. The normalized spacial score (nSPS) is 30.1. The maximum atomic E-state index is 12.9. The van der Waals surface area contributed by atoms with E-state index in [2.05, 4.69) is 20.1 Å². The number of fused-ring (bicyclic) bond motifs is 1. The van der Waals surface area contributed by atoms with E-state index in [1.54, 1.807) is 24.3 Å². The molecule has 2 fully saturated rings. The Morgan fingerprint density at radius 2 is 1.97 bits per heavy atom. The lowest BCUT2D eigenvalue weighted by Gasteiger charge is -2.56. The molecule has 5 atom stereocenters. The lowest BCUT2D eigenvalue weighted by atomic mass is 9.49. The molecule has 0 amide bonds. The van der Waals surface area contributed by atoms with Gasteiger partial charge in [-0.3, -0.25) is 9.59 Å². The van der Waals surface area contributed by atoms with Gasteiger partial charge in [-0.15, -0.1) is 0 Å². The first-order valence-corrected chi connectivity index (χ1v) is 11.0. The van der Waals surface area contributed by atoms with E-state index in [1.165, 1.54) is 7.11 Å². The number of aldehydes is 1. The molecular formula is C26H32O5. The van der Waals surface area contributed by atoms with Gasteiger partial charge in [-0.25, -0.2) is 4.79 Å². The van der Waals surface area contributed by atoms with E-state index in [1.807, 2.05) is 6.07 Å². The van der Waals surface area contributed by atoms with Gasteiger partial charge in [0.15, 0.2) is 0 Å². The number of hydrogen-bond donors (Lipinski definition) is 0. The van der Waals surface area contributed by atoms with Crippen molar-refractivity contribution in [2.75, 3.05) is 7.11 Å². The molecule has 4 unspecified atom stereocenters. The molecular weight excluding hydrogens is 392 g/mol. The predicted molar refractivity (Wildman–Crippen MR) is 118 cm³/mol. The van der Waals surface area contributed by atoms with Crippen LogP contribution in [0.15, 0.2) is 54.6 Å². The van der Waals surface area contributed by atoms with Gasteiger partial charge < -0.3 is 9.47 Å². The van der Waals surface area contributed by atoms with Crippen molar-refractivity contribution in [2.45, 2.75) is 51.6 Å². The van der Waals surface area contributed by atoms with Crippen LogP contribution in [0.1, 0.15) is 55.8 Å². The Bertz CT molecular complexity index is 858. The Hall–Kier alpha value is -2.69. The van der Waals surface area contributed by atoms with Crippen LogP contribution >= 0.6 is 0 Å². The smallest absolute Gasteiger partial charge is 0.338 e. The Labute approximate surface area is 184 Å². The van der Waals surface area contributed by atoms with E-state index in [0.29, 0.717) is 30.4 Å². The molecule has 0 spiro atoms. The molecule has 31 heavy (non-hydrogen) atoms. The topological polar surface area (TPSA) is 69.7 Å². The summed E-state index contributed by atoms with van der Waals surface area (Å²) in [6.07, 6.45) is 4.71. The fraction of sp³-hybridized carbons (Fsp3) is 0.500. The molecule has 1 aromatic carbocycles. The number of hydrogen-bond acceptors (Lipinski definition) is 5. The zero-order valence-electron chi connectivity index (χ0n) is 18.5. The maximum Gasteiger partial charge on any atom is 0.338 e. The first-order chi connectivity index (χ1) is 14.8. The summed E-state index contributed by atoms with van der Waals surface area (Å²) in [5.41, 5.74) is 1.78. The van der Waals surface area contributed by atoms with Crippen molar-refractivity contribution in [3.05, 3.63) is 60.2 Å². The number of benzene rings is 1. The fourth-order valence-electron chi connectivity index (χ4n) is 5.83. The second-order valence-electron chi connectivity index (χ2n) is 9.09. The summed E-state index contributed by atoms with van der Waals surface area (Å²) in [7, 11) is 1.41. The Balaban J connectivity index is 1.93. The van der Waals surface area contributed by atoms with E-state index in [-0.39, 0.29) is 35.1 Å². The van der Waals surface area contributed by atoms with Crippen LogP contribution in [0.25, 0.3) is 0 Å². The van der Waals surface area contributed by atoms with Gasteiger partial charge in [-0.2, -0.15) is 0 Å². The first-order valence-electron chi connectivity index (χ1n) is 11.0. The first kappa shape index (κ1) is 23.0. The van der Waals surface area contributed by atoms with Gasteiger partial charge in [0.25, 0.3) is 0 Å². The predicted octanol–water partition coefficient (Wildman–Crippen LogP) is 4.92. The SMILES string of the molecule is C=C(C=O)CCC1C(=C)CC(OC(=O)c2ccccc2)C2C(C(=O)OC)CCC[C@]12C. The second-order valence-corrected chi connectivity index (χ2v) is 9.09. The molecule has 0 heterocycles. The largest absolute Gasteiger partial charge is 0.469 e. The average Bonchev–Trinajstić information content (AvgIpc) is 2.77. The van der Waals surface area contributed by atoms with Gasteiger partial charge in [0.05, 0.1) is 18.6 Å². The minimum absolute atomic E-state index is 0.119. The zero-order valence-corrected chi connectivity index (χ0v) is 18.5. The number of esters is 2. The summed E-state index contributed by atoms with van der Waals surface area (Å²) >= 11 is 0. The molecule has 166 valence electrons. The number of methoxy groups -OCH3 is 1. The highest BCUT2D eigenvalue weighted by atomic mass is 16.5. The van der Waals surface area contributed by atoms with E-state index in [4.69, 9.17) is 9.47 Å². The molecule has 0 radical (unpaired) electrons. The third kappa shape index (κ3) is 4.65. The van der Waals surface area contributed by atoms with Crippen molar-refractivity contribution in [3.63, 3.8) is 0 Å².